The van der Waals surface area contributed by atoms with Gasteiger partial charge in [0.1, 0.15) is 11.4 Å². The molecule has 2 aromatic heterocycles. The second kappa shape index (κ2) is 19.8. The van der Waals surface area contributed by atoms with Crippen LogP contribution >= 0.6 is 0 Å². The number of nitrogens with zero attached hydrogens (tertiary/aromatic N) is 8. The number of morpholine rings is 1. The van der Waals surface area contributed by atoms with Gasteiger partial charge in [-0.15, -0.1) is 10.2 Å². The van der Waals surface area contributed by atoms with Crippen molar-refractivity contribution in [3.05, 3.63) is 59.9 Å². The molecule has 4 aromatic rings. The van der Waals surface area contributed by atoms with Gasteiger partial charge in [0.05, 0.1) is 50.9 Å². The smallest absolute Gasteiger partial charge is 0.115 e. The van der Waals surface area contributed by atoms with Gasteiger partial charge in [-0.1, -0.05) is 48.0 Å². The van der Waals surface area contributed by atoms with E-state index in [0.717, 1.165) is 119 Å². The predicted octanol–water partition coefficient (Wildman–Crippen LogP) is 7.62. The second-order valence-corrected chi connectivity index (χ2v) is 16.1. The molecule has 0 unspecified atom stereocenters. The van der Waals surface area contributed by atoms with E-state index in [1.807, 2.05) is 29.4 Å². The zero-order valence-electron chi connectivity index (χ0n) is 34.6. The molecule has 4 saturated heterocycles. The van der Waals surface area contributed by atoms with Gasteiger partial charge in [-0.2, -0.15) is 0 Å². The molecule has 0 N–H and O–H groups in total. The summed E-state index contributed by atoms with van der Waals surface area (Å²) in [6.07, 6.45) is 17.9. The maximum absolute atomic E-state index is 5.86. The lowest BCUT2D eigenvalue weighted by Crippen LogP contribution is -2.37. The second-order valence-electron chi connectivity index (χ2n) is 16.1. The van der Waals surface area contributed by atoms with Crippen molar-refractivity contribution in [3.63, 3.8) is 0 Å². The highest BCUT2D eigenvalue weighted by molar-refractivity contribution is 5.79. The van der Waals surface area contributed by atoms with Crippen LogP contribution in [-0.2, 0) is 27.3 Å². The SMILES string of the molecule is C(#CC1CC1)c1ccc(-c2cn(C[C@H]3CCCCO3)nn2)c(N2CCC2)c1.C(#CC1CC1)c1ccc(-c2cn(C[C@H]3CCCCO3)nn2)c(N2CCOCC2)c1.CC. The van der Waals surface area contributed by atoms with Gasteiger partial charge in [0.2, 0.25) is 0 Å². The van der Waals surface area contributed by atoms with Gasteiger partial charge in [-0.25, -0.2) is 9.36 Å². The fourth-order valence-electron chi connectivity index (χ4n) is 7.70. The van der Waals surface area contributed by atoms with E-state index in [4.69, 9.17) is 14.2 Å². The third-order valence-electron chi connectivity index (χ3n) is 11.5. The monoisotopic (exact) mass is 784 g/mol. The maximum Gasteiger partial charge on any atom is 0.115 e. The summed E-state index contributed by atoms with van der Waals surface area (Å²) < 4.78 is 21.1. The highest BCUT2D eigenvalue weighted by atomic mass is 16.5. The summed E-state index contributed by atoms with van der Waals surface area (Å²) in [5.74, 6) is 14.7. The molecule has 10 rings (SSSR count). The van der Waals surface area contributed by atoms with E-state index >= 15 is 0 Å². The van der Waals surface area contributed by atoms with Crippen LogP contribution < -0.4 is 9.80 Å². The minimum atomic E-state index is 0.247. The average Bonchev–Trinajstić information content (AvgIpc) is 4.18. The average molecular weight is 785 g/mol. The Kier molecular flexibility index (Phi) is 13.7. The summed E-state index contributed by atoms with van der Waals surface area (Å²) >= 11 is 0. The number of ether oxygens (including phenoxy) is 3. The number of hydrogen-bond acceptors (Lipinski definition) is 9. The fraction of sp³-hybridized carbons (Fsp3) is 0.574. The van der Waals surface area contributed by atoms with Gasteiger partial charge >= 0.3 is 0 Å². The molecular weight excluding hydrogens is 725 g/mol. The molecule has 0 radical (unpaired) electrons. The highest BCUT2D eigenvalue weighted by Crippen LogP contribution is 2.35. The summed E-state index contributed by atoms with van der Waals surface area (Å²) in [5.41, 5.74) is 8.71. The van der Waals surface area contributed by atoms with E-state index in [1.165, 1.54) is 62.7 Å². The van der Waals surface area contributed by atoms with Crippen molar-refractivity contribution in [2.75, 3.05) is 62.4 Å². The first kappa shape index (κ1) is 40.1. The molecule has 2 aliphatic carbocycles. The lowest BCUT2D eigenvalue weighted by molar-refractivity contribution is 0.00356. The molecule has 2 aromatic carbocycles. The van der Waals surface area contributed by atoms with Crippen LogP contribution in [0.3, 0.4) is 0 Å². The number of anilines is 2. The topological polar surface area (TPSA) is 95.6 Å². The molecule has 2 saturated carbocycles. The molecule has 4 aliphatic heterocycles. The van der Waals surface area contributed by atoms with Crippen LogP contribution in [0.15, 0.2) is 48.8 Å². The Labute approximate surface area is 344 Å². The van der Waals surface area contributed by atoms with Crippen molar-refractivity contribution < 1.29 is 14.2 Å². The Hall–Kier alpha value is -4.68. The highest BCUT2D eigenvalue weighted by Gasteiger charge is 2.24. The van der Waals surface area contributed by atoms with Crippen LogP contribution in [-0.4, -0.2) is 94.8 Å². The van der Waals surface area contributed by atoms with Crippen LogP contribution in [0, 0.1) is 35.5 Å². The van der Waals surface area contributed by atoms with E-state index in [9.17, 15) is 0 Å². The molecule has 11 heteroatoms. The predicted molar refractivity (Wildman–Crippen MR) is 229 cm³/mol. The summed E-state index contributed by atoms with van der Waals surface area (Å²) in [6.45, 7) is 12.8. The quantitative estimate of drug-likeness (QED) is 0.167. The first-order valence-corrected chi connectivity index (χ1v) is 22.1. The Bertz CT molecular complexity index is 2060. The van der Waals surface area contributed by atoms with Crippen molar-refractivity contribution >= 4 is 11.4 Å². The zero-order chi connectivity index (χ0) is 39.5. The van der Waals surface area contributed by atoms with Gasteiger partial charge < -0.3 is 24.0 Å². The van der Waals surface area contributed by atoms with Gasteiger partial charge in [-0.3, -0.25) is 0 Å². The number of hydrogen-bond donors (Lipinski definition) is 0. The Morgan fingerprint density at radius 1 is 0.569 bits per heavy atom. The van der Waals surface area contributed by atoms with Crippen LogP contribution in [0.5, 0.6) is 0 Å². The van der Waals surface area contributed by atoms with E-state index < -0.39 is 0 Å². The van der Waals surface area contributed by atoms with Crippen molar-refractivity contribution in [1.29, 1.82) is 0 Å². The molecule has 0 amide bonds. The summed E-state index contributed by atoms with van der Waals surface area (Å²) in [7, 11) is 0. The summed E-state index contributed by atoms with van der Waals surface area (Å²) in [5, 5.41) is 17.7. The molecule has 6 fully saturated rings. The molecule has 6 heterocycles. The van der Waals surface area contributed by atoms with Gasteiger partial charge in [-0.05, 0) is 107 Å². The van der Waals surface area contributed by atoms with Crippen LogP contribution in [0.4, 0.5) is 11.4 Å². The molecule has 306 valence electrons. The van der Waals surface area contributed by atoms with Crippen LogP contribution in [0.25, 0.3) is 22.5 Å². The summed E-state index contributed by atoms with van der Waals surface area (Å²) in [6, 6.07) is 13.0. The van der Waals surface area contributed by atoms with Crippen molar-refractivity contribution in [2.45, 2.75) is 110 Å². The molecule has 0 spiro atoms. The molecular formula is C47H60N8O3. The molecule has 6 aliphatic rings. The number of aromatic nitrogens is 6. The van der Waals surface area contributed by atoms with E-state index in [-0.39, 0.29) is 12.2 Å². The molecule has 2 atom stereocenters. The third kappa shape index (κ3) is 10.9. The van der Waals surface area contributed by atoms with Crippen LogP contribution in [0.1, 0.15) is 95.6 Å². The van der Waals surface area contributed by atoms with Crippen molar-refractivity contribution in [1.82, 2.24) is 30.0 Å². The first-order chi connectivity index (χ1) is 28.7. The Morgan fingerprint density at radius 3 is 1.47 bits per heavy atom. The van der Waals surface area contributed by atoms with Gasteiger partial charge in [0, 0.05) is 84.9 Å². The zero-order valence-corrected chi connectivity index (χ0v) is 34.6. The van der Waals surface area contributed by atoms with E-state index in [0.29, 0.717) is 11.8 Å². The minimum absolute atomic E-state index is 0.247. The van der Waals surface area contributed by atoms with E-state index in [2.05, 4.69) is 96.7 Å². The fourth-order valence-corrected chi connectivity index (χ4v) is 7.70. The standard InChI is InChI=1S/C23H28N4O2.C22H26N4O.C2H6/c1-2-12-29-20(3-1)16-27-17-22(24-25-27)21-9-8-19(7-6-18-4-5-18)15-23(21)26-10-13-28-14-11-26;1-2-13-27-19(4-1)15-26-16-21(23-24-26)20-10-9-18(8-7-17-5-6-17)14-22(20)25-11-3-12-25;1-2/h8-9,15,17-18,20H,1-5,10-14,16H2;9-10,14,16-17,19H,1-6,11-13,15H2;1-2H3/t20-;19-;/m11./s1. The Morgan fingerprint density at radius 2 is 1.05 bits per heavy atom. The normalized spacial score (nSPS) is 21.5. The number of rotatable bonds is 8. The van der Waals surface area contributed by atoms with Gasteiger partial charge in [0.15, 0.2) is 0 Å². The largest absolute Gasteiger partial charge is 0.378 e. The lowest BCUT2D eigenvalue weighted by Gasteiger charge is -2.34. The minimum Gasteiger partial charge on any atom is -0.378 e. The Balaban J connectivity index is 0.000000156. The van der Waals surface area contributed by atoms with Gasteiger partial charge in [0.25, 0.3) is 0 Å². The van der Waals surface area contributed by atoms with Crippen molar-refractivity contribution in [3.8, 4) is 46.2 Å². The van der Waals surface area contributed by atoms with Crippen molar-refractivity contribution in [2.24, 2.45) is 11.8 Å². The third-order valence-corrected chi connectivity index (χ3v) is 11.5. The van der Waals surface area contributed by atoms with Crippen LogP contribution in [0.2, 0.25) is 0 Å². The van der Waals surface area contributed by atoms with E-state index in [1.54, 1.807) is 0 Å². The maximum atomic E-state index is 5.86. The summed E-state index contributed by atoms with van der Waals surface area (Å²) in [4.78, 5) is 4.80. The first-order valence-electron chi connectivity index (χ1n) is 22.1. The lowest BCUT2D eigenvalue weighted by atomic mass is 10.0. The molecule has 11 nitrogen and oxygen atoms in total. The molecule has 0 bridgehead atoms. The number of benzene rings is 2. The molecule has 58 heavy (non-hydrogen) atoms.